The maximum Gasteiger partial charge on any atom is 0.353 e. The third-order valence-electron chi connectivity index (χ3n) is 5.39. The summed E-state index contributed by atoms with van der Waals surface area (Å²) in [5.41, 5.74) is 10.8. The van der Waals surface area contributed by atoms with Gasteiger partial charge < -0.3 is 10.2 Å². The average Bonchev–Trinajstić information content (AvgIpc) is 3.31. The van der Waals surface area contributed by atoms with Crippen LogP contribution in [0.15, 0.2) is 52.0 Å². The van der Waals surface area contributed by atoms with E-state index in [1.165, 1.54) is 27.6 Å². The fraction of sp³-hybridized carbons (Fsp3) is 0.174. The molecule has 0 aliphatic heterocycles. The van der Waals surface area contributed by atoms with Crippen molar-refractivity contribution in [3.05, 3.63) is 81.9 Å². The lowest BCUT2D eigenvalue weighted by molar-refractivity contribution is 0.521. The van der Waals surface area contributed by atoms with Crippen molar-refractivity contribution >= 4 is 11.6 Å². The van der Waals surface area contributed by atoms with Gasteiger partial charge in [-0.3, -0.25) is 4.98 Å². The molecule has 33 heavy (non-hydrogen) atoms. The van der Waals surface area contributed by atoms with Gasteiger partial charge in [-0.25, -0.2) is 28.2 Å². The second-order valence-electron chi connectivity index (χ2n) is 7.79. The average molecular weight is 445 g/mol. The highest BCUT2D eigenvalue weighted by Gasteiger charge is 2.22. The predicted molar refractivity (Wildman–Crippen MR) is 120 cm³/mol. The highest BCUT2D eigenvalue weighted by Crippen LogP contribution is 2.35. The summed E-state index contributed by atoms with van der Waals surface area (Å²) >= 11 is 0. The predicted octanol–water partition coefficient (Wildman–Crippen LogP) is 3.30. The van der Waals surface area contributed by atoms with Gasteiger partial charge in [-0.15, -0.1) is 5.10 Å². The molecule has 0 radical (unpaired) electrons. The van der Waals surface area contributed by atoms with Crippen LogP contribution in [0.25, 0.3) is 28.0 Å². The highest BCUT2D eigenvalue weighted by molar-refractivity contribution is 5.90. The Morgan fingerprint density at radius 1 is 1.03 bits per heavy atom. The normalized spacial score (nSPS) is 11.4. The van der Waals surface area contributed by atoms with Crippen LogP contribution < -0.4 is 11.4 Å². The number of aryl methyl sites for hydroxylation is 3. The molecule has 0 unspecified atom stereocenters. The largest absolute Gasteiger partial charge is 0.448 e. The van der Waals surface area contributed by atoms with Gasteiger partial charge in [0.2, 0.25) is 5.95 Å². The molecular formula is C23H20FN7O2. The van der Waals surface area contributed by atoms with Crippen molar-refractivity contribution in [2.45, 2.75) is 27.3 Å². The van der Waals surface area contributed by atoms with Gasteiger partial charge in [0.1, 0.15) is 17.3 Å². The van der Waals surface area contributed by atoms with Crippen LogP contribution in [-0.2, 0) is 6.54 Å². The molecule has 9 nitrogen and oxygen atoms in total. The minimum absolute atomic E-state index is 0.0244. The summed E-state index contributed by atoms with van der Waals surface area (Å²) in [5.74, 6) is 0.204. The van der Waals surface area contributed by atoms with E-state index in [4.69, 9.17) is 10.2 Å². The van der Waals surface area contributed by atoms with Crippen molar-refractivity contribution in [3.63, 3.8) is 0 Å². The van der Waals surface area contributed by atoms with Crippen molar-refractivity contribution in [3.8, 4) is 22.4 Å². The Bertz CT molecular complexity index is 1540. The zero-order valence-corrected chi connectivity index (χ0v) is 18.2. The highest BCUT2D eigenvalue weighted by atomic mass is 19.1. The Hall–Kier alpha value is -4.34. The van der Waals surface area contributed by atoms with Crippen LogP contribution in [0.4, 0.5) is 10.3 Å². The van der Waals surface area contributed by atoms with Crippen LogP contribution >= 0.6 is 0 Å². The lowest BCUT2D eigenvalue weighted by Crippen LogP contribution is -2.24. The zero-order valence-electron chi connectivity index (χ0n) is 18.2. The Kier molecular flexibility index (Phi) is 4.77. The van der Waals surface area contributed by atoms with Crippen LogP contribution in [0.5, 0.6) is 0 Å². The fourth-order valence-corrected chi connectivity index (χ4v) is 3.89. The molecule has 4 heterocycles. The molecule has 0 atom stereocenters. The number of nitrogens with zero attached hydrogens (tertiary/aromatic N) is 6. The molecule has 2 N–H and O–H groups in total. The topological polar surface area (TPSA) is 117 Å². The maximum absolute atomic E-state index is 13.6. The van der Waals surface area contributed by atoms with Gasteiger partial charge >= 0.3 is 5.69 Å². The molecule has 0 saturated carbocycles. The number of pyridine rings is 1. The SMILES string of the molecule is Cc1cc(-c2c(-c3ccc(F)cc3)nc(N)n3c(=O)n(Cc4ncoc4C)nc23)cc(C)n1. The van der Waals surface area contributed by atoms with E-state index in [0.29, 0.717) is 33.9 Å². The number of oxazole rings is 1. The van der Waals surface area contributed by atoms with Gasteiger partial charge in [-0.1, -0.05) is 0 Å². The number of rotatable bonds is 4. The van der Waals surface area contributed by atoms with Crippen molar-refractivity contribution in [2.75, 3.05) is 5.73 Å². The second kappa shape index (κ2) is 7.66. The molecule has 5 rings (SSSR count). The van der Waals surface area contributed by atoms with Crippen LogP contribution in [0.2, 0.25) is 0 Å². The van der Waals surface area contributed by atoms with Gasteiger partial charge in [0.05, 0.1) is 17.8 Å². The molecule has 0 aliphatic rings. The van der Waals surface area contributed by atoms with Gasteiger partial charge in [0.15, 0.2) is 12.0 Å². The number of hydrogen-bond donors (Lipinski definition) is 1. The molecule has 0 aliphatic carbocycles. The zero-order chi connectivity index (χ0) is 23.3. The summed E-state index contributed by atoms with van der Waals surface area (Å²) in [5, 5.41) is 4.60. The first-order valence-electron chi connectivity index (χ1n) is 10.2. The van der Waals surface area contributed by atoms with E-state index in [1.54, 1.807) is 19.1 Å². The summed E-state index contributed by atoms with van der Waals surface area (Å²) in [6.07, 6.45) is 1.32. The third kappa shape index (κ3) is 3.55. The lowest BCUT2D eigenvalue weighted by Gasteiger charge is -2.13. The summed E-state index contributed by atoms with van der Waals surface area (Å²) in [7, 11) is 0. The molecule has 166 valence electrons. The van der Waals surface area contributed by atoms with Gasteiger partial charge in [-0.05, 0) is 62.7 Å². The molecule has 0 saturated heterocycles. The lowest BCUT2D eigenvalue weighted by atomic mass is 9.99. The molecule has 0 spiro atoms. The Morgan fingerprint density at radius 2 is 1.73 bits per heavy atom. The molecule has 0 bridgehead atoms. The van der Waals surface area contributed by atoms with Gasteiger partial charge in [0.25, 0.3) is 0 Å². The number of nitrogen functional groups attached to an aromatic ring is 1. The third-order valence-corrected chi connectivity index (χ3v) is 5.39. The Morgan fingerprint density at radius 3 is 2.36 bits per heavy atom. The number of anilines is 1. The fourth-order valence-electron chi connectivity index (χ4n) is 3.89. The number of nitrogens with two attached hydrogens (primary N) is 1. The first-order chi connectivity index (χ1) is 15.8. The molecule has 1 aromatic carbocycles. The van der Waals surface area contributed by atoms with E-state index in [2.05, 4.69) is 20.1 Å². The monoisotopic (exact) mass is 445 g/mol. The van der Waals surface area contributed by atoms with E-state index in [9.17, 15) is 9.18 Å². The van der Waals surface area contributed by atoms with Crippen molar-refractivity contribution < 1.29 is 8.81 Å². The summed E-state index contributed by atoms with van der Waals surface area (Å²) in [6.45, 7) is 5.64. The molecule has 5 aromatic rings. The van der Waals surface area contributed by atoms with Crippen LogP contribution in [0.1, 0.15) is 22.8 Å². The summed E-state index contributed by atoms with van der Waals surface area (Å²) < 4.78 is 21.4. The van der Waals surface area contributed by atoms with Gasteiger partial charge in [0, 0.05) is 17.0 Å². The number of benzene rings is 1. The van der Waals surface area contributed by atoms with Crippen molar-refractivity contribution in [2.24, 2.45) is 0 Å². The van der Waals surface area contributed by atoms with Crippen LogP contribution in [0.3, 0.4) is 0 Å². The summed E-state index contributed by atoms with van der Waals surface area (Å²) in [4.78, 5) is 26.4. The Balaban J connectivity index is 1.84. The summed E-state index contributed by atoms with van der Waals surface area (Å²) in [6, 6.07) is 9.71. The first-order valence-corrected chi connectivity index (χ1v) is 10.2. The molecule has 4 aromatic heterocycles. The van der Waals surface area contributed by atoms with Gasteiger partial charge in [-0.2, -0.15) is 0 Å². The Labute approximate surface area is 187 Å². The minimum atomic E-state index is -0.452. The minimum Gasteiger partial charge on any atom is -0.448 e. The molecule has 0 amide bonds. The van der Waals surface area contributed by atoms with E-state index in [0.717, 1.165) is 17.0 Å². The number of aromatic nitrogens is 6. The standard InChI is InChI=1S/C23H20FN7O2/c1-12-8-16(9-13(2)27-12)19-20(15-4-6-17(24)7-5-15)28-22(25)31-21(19)29-30(23(31)32)10-18-14(3)33-11-26-18/h4-9,11H,10H2,1-3H3,(H2,25,28). The smallest absolute Gasteiger partial charge is 0.353 e. The van der Waals surface area contributed by atoms with Crippen LogP contribution in [-0.4, -0.2) is 29.1 Å². The number of hydrogen-bond acceptors (Lipinski definition) is 7. The van der Waals surface area contributed by atoms with E-state index < -0.39 is 5.69 Å². The van der Waals surface area contributed by atoms with E-state index in [-0.39, 0.29) is 18.3 Å². The quantitative estimate of drug-likeness (QED) is 0.451. The second-order valence-corrected chi connectivity index (χ2v) is 7.79. The van der Waals surface area contributed by atoms with E-state index in [1.807, 2.05) is 26.0 Å². The number of halogens is 1. The van der Waals surface area contributed by atoms with Crippen LogP contribution in [0, 0.1) is 26.6 Å². The van der Waals surface area contributed by atoms with E-state index >= 15 is 0 Å². The van der Waals surface area contributed by atoms with Crippen molar-refractivity contribution in [1.82, 2.24) is 29.1 Å². The maximum atomic E-state index is 13.6. The number of fused-ring (bicyclic) bond motifs is 1. The first kappa shape index (κ1) is 20.6. The molecular weight excluding hydrogens is 425 g/mol. The molecule has 10 heteroatoms. The van der Waals surface area contributed by atoms with Crippen molar-refractivity contribution in [1.29, 1.82) is 0 Å². The molecule has 0 fully saturated rings.